The number of nitrogens with one attached hydrogen (secondary N) is 1. The summed E-state index contributed by atoms with van der Waals surface area (Å²) in [5, 5.41) is 22.1. The van der Waals surface area contributed by atoms with E-state index in [1.54, 1.807) is 32.4 Å². The number of alkyl halides is 3. The molecule has 1 aliphatic rings. The van der Waals surface area contributed by atoms with Gasteiger partial charge in [-0.1, -0.05) is 6.08 Å². The average Bonchev–Trinajstić information content (AvgIpc) is 3.21. The summed E-state index contributed by atoms with van der Waals surface area (Å²) in [6.45, 7) is 3.82. The van der Waals surface area contributed by atoms with Crippen LogP contribution in [-0.2, 0) is 12.7 Å². The fourth-order valence-corrected chi connectivity index (χ4v) is 3.37. The number of nitrogens with zero attached hydrogens (tertiary/aromatic N) is 3. The molecule has 5 nitrogen and oxygen atoms in total. The monoisotopic (exact) mass is 390 g/mol. The molecule has 2 aromatic rings. The minimum Gasteiger partial charge on any atom is -0.389 e. The molecular formula is C20H21F3N4O. The average molecular weight is 390 g/mol. The Kier molecular flexibility index (Phi) is 5.22. The summed E-state index contributed by atoms with van der Waals surface area (Å²) < 4.78 is 41.3. The first-order valence-corrected chi connectivity index (χ1v) is 8.86. The van der Waals surface area contributed by atoms with Gasteiger partial charge in [-0.2, -0.15) is 18.4 Å². The highest BCUT2D eigenvalue weighted by atomic mass is 19.4. The van der Waals surface area contributed by atoms with Gasteiger partial charge < -0.3 is 15.0 Å². The molecule has 1 heterocycles. The van der Waals surface area contributed by atoms with E-state index in [2.05, 4.69) is 10.3 Å². The molecule has 0 spiro atoms. The van der Waals surface area contributed by atoms with E-state index in [1.165, 1.54) is 12.1 Å². The van der Waals surface area contributed by atoms with Gasteiger partial charge in [-0.15, -0.1) is 0 Å². The highest BCUT2D eigenvalue weighted by Crippen LogP contribution is 2.35. The number of nitriles is 1. The van der Waals surface area contributed by atoms with Gasteiger partial charge in [0.25, 0.3) is 0 Å². The zero-order valence-electron chi connectivity index (χ0n) is 15.6. The Bertz CT molecular complexity index is 932. The second kappa shape index (κ2) is 7.32. The topological polar surface area (TPSA) is 73.9 Å². The second-order valence-corrected chi connectivity index (χ2v) is 7.60. The van der Waals surface area contributed by atoms with E-state index in [0.717, 1.165) is 17.3 Å². The van der Waals surface area contributed by atoms with Crippen LogP contribution in [0.3, 0.4) is 0 Å². The van der Waals surface area contributed by atoms with Gasteiger partial charge >= 0.3 is 6.18 Å². The minimum atomic E-state index is -4.58. The minimum absolute atomic E-state index is 0.0606. The molecule has 0 bridgehead atoms. The predicted octanol–water partition coefficient (Wildman–Crippen LogP) is 4.20. The molecule has 1 aliphatic carbocycles. The van der Waals surface area contributed by atoms with Crippen LogP contribution in [0, 0.1) is 11.3 Å². The van der Waals surface area contributed by atoms with E-state index in [9.17, 15) is 18.3 Å². The van der Waals surface area contributed by atoms with Crippen molar-refractivity contribution in [3.63, 3.8) is 0 Å². The maximum Gasteiger partial charge on any atom is 0.417 e. The van der Waals surface area contributed by atoms with Crippen molar-refractivity contribution in [3.8, 4) is 6.07 Å². The van der Waals surface area contributed by atoms with Crippen molar-refractivity contribution in [2.75, 3.05) is 5.32 Å². The Morgan fingerprint density at radius 1 is 1.36 bits per heavy atom. The van der Waals surface area contributed by atoms with Crippen LogP contribution in [-0.4, -0.2) is 26.3 Å². The van der Waals surface area contributed by atoms with Crippen LogP contribution in [0.5, 0.6) is 0 Å². The van der Waals surface area contributed by atoms with Crippen molar-refractivity contribution in [1.82, 2.24) is 9.55 Å². The molecule has 0 saturated heterocycles. The number of rotatable bonds is 5. The van der Waals surface area contributed by atoms with E-state index in [0.29, 0.717) is 25.1 Å². The fourth-order valence-electron chi connectivity index (χ4n) is 3.37. The van der Waals surface area contributed by atoms with Gasteiger partial charge in [-0.3, -0.25) is 0 Å². The van der Waals surface area contributed by atoms with Crippen molar-refractivity contribution in [2.24, 2.45) is 0 Å². The van der Waals surface area contributed by atoms with Crippen molar-refractivity contribution >= 4 is 11.3 Å². The Hall–Kier alpha value is -2.79. The number of imidazole rings is 1. The van der Waals surface area contributed by atoms with E-state index >= 15 is 0 Å². The van der Waals surface area contributed by atoms with Gasteiger partial charge in [-0.05, 0) is 50.5 Å². The third-order valence-electron chi connectivity index (χ3n) is 4.53. The molecule has 28 heavy (non-hydrogen) atoms. The summed E-state index contributed by atoms with van der Waals surface area (Å²) in [5.41, 5.74) is 0.0401. The van der Waals surface area contributed by atoms with Crippen LogP contribution >= 0.6 is 0 Å². The van der Waals surface area contributed by atoms with E-state index < -0.39 is 17.3 Å². The molecular weight excluding hydrogens is 369 g/mol. The van der Waals surface area contributed by atoms with Crippen LogP contribution in [0.2, 0.25) is 0 Å². The Morgan fingerprint density at radius 3 is 2.75 bits per heavy atom. The van der Waals surface area contributed by atoms with E-state index in [4.69, 9.17) is 5.26 Å². The lowest BCUT2D eigenvalue weighted by Gasteiger charge is -2.20. The molecule has 8 heteroatoms. The smallest absolute Gasteiger partial charge is 0.389 e. The molecule has 148 valence electrons. The number of anilines is 1. The van der Waals surface area contributed by atoms with Gasteiger partial charge in [0.2, 0.25) is 0 Å². The first-order valence-electron chi connectivity index (χ1n) is 8.86. The quantitative estimate of drug-likeness (QED) is 0.802. The maximum absolute atomic E-state index is 13.1. The Balaban J connectivity index is 1.72. The largest absolute Gasteiger partial charge is 0.417 e. The number of aliphatic hydroxyl groups is 1. The molecule has 1 aromatic carbocycles. The molecule has 0 aliphatic heterocycles. The van der Waals surface area contributed by atoms with Gasteiger partial charge in [-0.25, -0.2) is 4.98 Å². The third kappa shape index (κ3) is 4.54. The molecule has 0 saturated carbocycles. The number of hydrogen-bond donors (Lipinski definition) is 2. The Labute approximate surface area is 161 Å². The lowest BCUT2D eigenvalue weighted by atomic mass is 10.1. The van der Waals surface area contributed by atoms with Crippen molar-refractivity contribution < 1.29 is 18.3 Å². The molecule has 0 fully saturated rings. The Morgan fingerprint density at radius 2 is 2.11 bits per heavy atom. The standard InChI is InChI=1S/C20H21F3N4O/c1-19(2,28)11-27-12-25-10-18(27)13-3-5-15(7-13)26-16-6-4-14(9-24)17(8-16)20(21,22)23/h3-4,6,8,10,12,15,26,28H,5,7,11H2,1-2H3. The molecule has 0 radical (unpaired) electrons. The van der Waals surface area contributed by atoms with Crippen LogP contribution < -0.4 is 5.32 Å². The van der Waals surface area contributed by atoms with Crippen molar-refractivity contribution in [1.29, 1.82) is 5.26 Å². The van der Waals surface area contributed by atoms with E-state index in [-0.39, 0.29) is 11.6 Å². The fraction of sp³-hybridized carbons (Fsp3) is 0.400. The molecule has 1 aromatic heterocycles. The first kappa shape index (κ1) is 20.0. The van der Waals surface area contributed by atoms with Crippen LogP contribution in [0.15, 0.2) is 36.8 Å². The zero-order valence-corrected chi connectivity index (χ0v) is 15.6. The summed E-state index contributed by atoms with van der Waals surface area (Å²) in [5.74, 6) is 0. The molecule has 2 N–H and O–H groups in total. The lowest BCUT2D eigenvalue weighted by molar-refractivity contribution is -0.137. The zero-order chi connectivity index (χ0) is 20.5. The molecule has 1 atom stereocenters. The van der Waals surface area contributed by atoms with Gasteiger partial charge in [0.15, 0.2) is 0 Å². The molecule has 0 amide bonds. The number of hydrogen-bond acceptors (Lipinski definition) is 4. The first-order chi connectivity index (χ1) is 13.1. The SMILES string of the molecule is CC(C)(O)Cn1cncc1C1=CCC(Nc2ccc(C#N)c(C(F)(F)F)c2)C1. The highest BCUT2D eigenvalue weighted by molar-refractivity contribution is 5.67. The van der Waals surface area contributed by atoms with E-state index in [1.807, 2.05) is 10.6 Å². The summed E-state index contributed by atoms with van der Waals surface area (Å²) in [6.07, 6.45) is 2.12. The predicted molar refractivity (Wildman–Crippen MR) is 99.3 cm³/mol. The maximum atomic E-state index is 13.1. The summed E-state index contributed by atoms with van der Waals surface area (Å²) in [6, 6.07) is 5.18. The number of aromatic nitrogens is 2. The third-order valence-corrected chi connectivity index (χ3v) is 4.53. The number of halogens is 3. The lowest BCUT2D eigenvalue weighted by Crippen LogP contribution is -2.26. The van der Waals surface area contributed by atoms with Crippen molar-refractivity contribution in [3.05, 3.63) is 53.6 Å². The highest BCUT2D eigenvalue weighted by Gasteiger charge is 2.34. The van der Waals surface area contributed by atoms with Gasteiger partial charge in [0, 0.05) is 11.7 Å². The van der Waals surface area contributed by atoms with Gasteiger partial charge in [0.1, 0.15) is 0 Å². The summed E-state index contributed by atoms with van der Waals surface area (Å²) in [4.78, 5) is 4.15. The second-order valence-electron chi connectivity index (χ2n) is 7.60. The molecule has 3 rings (SSSR count). The summed E-state index contributed by atoms with van der Waals surface area (Å²) >= 11 is 0. The molecule has 1 unspecified atom stereocenters. The van der Waals surface area contributed by atoms with Crippen LogP contribution in [0.4, 0.5) is 18.9 Å². The van der Waals surface area contributed by atoms with Crippen LogP contribution in [0.25, 0.3) is 5.57 Å². The van der Waals surface area contributed by atoms with Crippen molar-refractivity contribution in [2.45, 2.75) is 51.1 Å². The summed E-state index contributed by atoms with van der Waals surface area (Å²) in [7, 11) is 0. The number of benzene rings is 1. The normalized spacial score (nSPS) is 17.3. The van der Waals surface area contributed by atoms with Gasteiger partial charge in [0.05, 0.1) is 47.6 Å². The van der Waals surface area contributed by atoms with Crippen LogP contribution in [0.1, 0.15) is 43.5 Å².